The number of hydrogen-bond acceptors (Lipinski definition) is 6. The number of nitrogens with one attached hydrogen (secondary N) is 1. The number of para-hydroxylation sites is 1. The number of rotatable bonds is 5. The highest BCUT2D eigenvalue weighted by molar-refractivity contribution is 5.98. The summed E-state index contributed by atoms with van der Waals surface area (Å²) in [6.07, 6.45) is -6.48. The number of non-ortho nitro benzene ring substituents is 1. The number of aromatic hydroxyl groups is 1. The maximum Gasteiger partial charge on any atom is 0.418 e. The Hall–Kier alpha value is -3.63. The third kappa shape index (κ3) is 4.75. The number of amides is 1. The van der Waals surface area contributed by atoms with Crippen molar-refractivity contribution in [3.8, 4) is 5.75 Å². The summed E-state index contributed by atoms with van der Waals surface area (Å²) >= 11 is 0. The van der Waals surface area contributed by atoms with E-state index in [9.17, 15) is 38.0 Å². The summed E-state index contributed by atoms with van der Waals surface area (Å²) in [6.45, 7) is 1.12. The Kier molecular flexibility index (Phi) is 5.87. The van der Waals surface area contributed by atoms with E-state index in [0.717, 1.165) is 19.1 Å². The van der Waals surface area contributed by atoms with E-state index < -0.39 is 51.8 Å². The molecule has 2 N–H and O–H groups in total. The molecule has 1 atom stereocenters. The van der Waals surface area contributed by atoms with E-state index in [1.165, 1.54) is 24.3 Å². The number of anilines is 1. The van der Waals surface area contributed by atoms with Crippen molar-refractivity contribution in [2.24, 2.45) is 0 Å². The number of carbonyl (C=O) groups is 2. The average Bonchev–Trinajstić information content (AvgIpc) is 2.61. The molecule has 2 rings (SSSR count). The zero-order valence-electron chi connectivity index (χ0n) is 14.2. The molecule has 0 fully saturated rings. The largest absolute Gasteiger partial charge is 0.507 e. The summed E-state index contributed by atoms with van der Waals surface area (Å²) in [7, 11) is 0. The van der Waals surface area contributed by atoms with Crippen LogP contribution in [0, 0.1) is 10.1 Å². The molecule has 28 heavy (non-hydrogen) atoms. The van der Waals surface area contributed by atoms with Gasteiger partial charge < -0.3 is 15.2 Å². The van der Waals surface area contributed by atoms with Gasteiger partial charge in [-0.1, -0.05) is 12.1 Å². The molecule has 0 unspecified atom stereocenters. The molecule has 0 aliphatic heterocycles. The summed E-state index contributed by atoms with van der Waals surface area (Å²) in [4.78, 5) is 33.7. The van der Waals surface area contributed by atoms with Crippen LogP contribution in [0.5, 0.6) is 5.75 Å². The molecule has 8 nitrogen and oxygen atoms in total. The Morgan fingerprint density at radius 1 is 1.21 bits per heavy atom. The maximum absolute atomic E-state index is 13.1. The van der Waals surface area contributed by atoms with Crippen molar-refractivity contribution in [1.29, 1.82) is 0 Å². The number of benzene rings is 2. The predicted molar refractivity (Wildman–Crippen MR) is 89.7 cm³/mol. The van der Waals surface area contributed by atoms with Crippen LogP contribution in [0.2, 0.25) is 0 Å². The SMILES string of the molecule is C[C@@H](OC(=O)c1ccccc1O)C(=O)Nc1ccc([N+](=O)[O-])cc1C(F)(F)F. The van der Waals surface area contributed by atoms with E-state index in [0.29, 0.717) is 0 Å². The molecular weight excluding hydrogens is 385 g/mol. The monoisotopic (exact) mass is 398 g/mol. The minimum absolute atomic E-state index is 0.228. The molecule has 0 heterocycles. The molecule has 2 aromatic carbocycles. The number of hydrogen-bond donors (Lipinski definition) is 2. The second-order valence-corrected chi connectivity index (χ2v) is 5.54. The molecule has 0 radical (unpaired) electrons. The highest BCUT2D eigenvalue weighted by atomic mass is 19.4. The molecule has 0 spiro atoms. The molecule has 0 bridgehead atoms. The van der Waals surface area contributed by atoms with Crippen LogP contribution in [0.25, 0.3) is 0 Å². The van der Waals surface area contributed by atoms with Crippen molar-refractivity contribution in [3.05, 3.63) is 63.7 Å². The van der Waals surface area contributed by atoms with E-state index in [2.05, 4.69) is 0 Å². The second kappa shape index (κ2) is 7.94. The topological polar surface area (TPSA) is 119 Å². The average molecular weight is 398 g/mol. The maximum atomic E-state index is 13.1. The highest BCUT2D eigenvalue weighted by Crippen LogP contribution is 2.37. The molecule has 0 saturated carbocycles. The van der Waals surface area contributed by atoms with Gasteiger partial charge in [-0.15, -0.1) is 0 Å². The van der Waals surface area contributed by atoms with Crippen molar-refractivity contribution in [3.63, 3.8) is 0 Å². The van der Waals surface area contributed by atoms with Crippen LogP contribution in [-0.2, 0) is 15.7 Å². The van der Waals surface area contributed by atoms with Gasteiger partial charge >= 0.3 is 12.1 Å². The van der Waals surface area contributed by atoms with Gasteiger partial charge in [-0.3, -0.25) is 14.9 Å². The van der Waals surface area contributed by atoms with Crippen molar-refractivity contribution in [1.82, 2.24) is 0 Å². The Labute approximate surface area is 155 Å². The fourth-order valence-electron chi connectivity index (χ4n) is 2.15. The Morgan fingerprint density at radius 2 is 1.86 bits per heavy atom. The lowest BCUT2D eigenvalue weighted by molar-refractivity contribution is -0.385. The van der Waals surface area contributed by atoms with E-state index in [1.807, 2.05) is 5.32 Å². The molecule has 0 aliphatic carbocycles. The third-order valence-corrected chi connectivity index (χ3v) is 3.55. The lowest BCUT2D eigenvalue weighted by atomic mass is 10.1. The minimum Gasteiger partial charge on any atom is -0.507 e. The molecule has 0 aromatic heterocycles. The van der Waals surface area contributed by atoms with Gasteiger partial charge in [-0.05, 0) is 25.1 Å². The molecular formula is C17H13F3N2O6. The molecule has 2 aromatic rings. The quantitative estimate of drug-likeness (QED) is 0.452. The Morgan fingerprint density at radius 3 is 2.43 bits per heavy atom. The molecule has 0 aliphatic rings. The minimum atomic E-state index is -4.97. The van der Waals surface area contributed by atoms with E-state index in [4.69, 9.17) is 4.74 Å². The smallest absolute Gasteiger partial charge is 0.418 e. The van der Waals surface area contributed by atoms with Gasteiger partial charge in [-0.25, -0.2) is 4.79 Å². The second-order valence-electron chi connectivity index (χ2n) is 5.54. The van der Waals surface area contributed by atoms with E-state index >= 15 is 0 Å². The van der Waals surface area contributed by atoms with Gasteiger partial charge in [-0.2, -0.15) is 13.2 Å². The molecule has 148 valence electrons. The van der Waals surface area contributed by atoms with Crippen LogP contribution in [0.15, 0.2) is 42.5 Å². The van der Waals surface area contributed by atoms with Gasteiger partial charge in [0.05, 0.1) is 16.2 Å². The summed E-state index contributed by atoms with van der Waals surface area (Å²) in [6, 6.07) is 7.16. The lowest BCUT2D eigenvalue weighted by Gasteiger charge is -2.17. The molecule has 1 amide bonds. The van der Waals surface area contributed by atoms with Crippen molar-refractivity contribution in [2.75, 3.05) is 5.32 Å². The third-order valence-electron chi connectivity index (χ3n) is 3.55. The van der Waals surface area contributed by atoms with Crippen molar-refractivity contribution < 1.29 is 37.5 Å². The van der Waals surface area contributed by atoms with Gasteiger partial charge in [0.15, 0.2) is 6.10 Å². The van der Waals surface area contributed by atoms with Crippen LogP contribution >= 0.6 is 0 Å². The first-order valence-electron chi connectivity index (χ1n) is 7.66. The number of phenolic OH excluding ortho intramolecular Hbond substituents is 1. The number of esters is 1. The number of alkyl halides is 3. The van der Waals surface area contributed by atoms with E-state index in [1.54, 1.807) is 0 Å². The number of nitro groups is 1. The predicted octanol–water partition coefficient (Wildman–Crippen LogP) is 3.50. The standard InChI is InChI=1S/C17H13F3N2O6/c1-9(28-16(25)11-4-2-3-5-14(11)23)15(24)21-13-7-6-10(22(26)27)8-12(13)17(18,19)20/h2-9,23H,1H3,(H,21,24)/t9-/m1/s1. The molecule has 0 saturated heterocycles. The first-order valence-corrected chi connectivity index (χ1v) is 7.66. The highest BCUT2D eigenvalue weighted by Gasteiger charge is 2.36. The van der Waals surface area contributed by atoms with Gasteiger partial charge in [0.2, 0.25) is 0 Å². The number of nitro benzene ring substituents is 1. The first-order chi connectivity index (χ1) is 13.0. The number of halogens is 3. The van der Waals surface area contributed by atoms with E-state index in [-0.39, 0.29) is 11.6 Å². The van der Waals surface area contributed by atoms with Crippen molar-refractivity contribution >= 4 is 23.3 Å². The number of nitrogens with zero attached hydrogens (tertiary/aromatic N) is 1. The fourth-order valence-corrected chi connectivity index (χ4v) is 2.15. The normalized spacial score (nSPS) is 12.1. The van der Waals surface area contributed by atoms with Gasteiger partial charge in [0.25, 0.3) is 11.6 Å². The van der Waals surface area contributed by atoms with Crippen LogP contribution in [-0.4, -0.2) is 28.0 Å². The Bertz CT molecular complexity index is 929. The summed E-state index contributed by atoms with van der Waals surface area (Å²) in [5, 5.41) is 22.2. The zero-order chi connectivity index (χ0) is 21.1. The summed E-state index contributed by atoms with van der Waals surface area (Å²) in [5.74, 6) is -2.54. The number of ether oxygens (including phenoxy) is 1. The van der Waals surface area contributed by atoms with Crippen LogP contribution in [0.1, 0.15) is 22.8 Å². The van der Waals surface area contributed by atoms with Gasteiger partial charge in [0.1, 0.15) is 11.3 Å². The fraction of sp³-hybridized carbons (Fsp3) is 0.176. The molecule has 11 heteroatoms. The van der Waals surface area contributed by atoms with Crippen LogP contribution < -0.4 is 5.32 Å². The first kappa shape index (κ1) is 20.7. The van der Waals surface area contributed by atoms with Crippen LogP contribution in [0.4, 0.5) is 24.5 Å². The van der Waals surface area contributed by atoms with Crippen LogP contribution in [0.3, 0.4) is 0 Å². The number of phenols is 1. The lowest BCUT2D eigenvalue weighted by Crippen LogP contribution is -2.30. The Balaban J connectivity index is 2.19. The van der Waals surface area contributed by atoms with Gasteiger partial charge in [0, 0.05) is 12.1 Å². The van der Waals surface area contributed by atoms with Crippen molar-refractivity contribution in [2.45, 2.75) is 19.2 Å². The zero-order valence-corrected chi connectivity index (χ0v) is 14.2. The summed E-state index contributed by atoms with van der Waals surface area (Å²) < 4.78 is 44.2. The number of carbonyl (C=O) groups excluding carboxylic acids is 2. The summed E-state index contributed by atoms with van der Waals surface area (Å²) in [5.41, 5.74) is -3.18.